The summed E-state index contributed by atoms with van der Waals surface area (Å²) in [7, 11) is 0. The molecular formula is C9H9F2NO3. The van der Waals surface area contributed by atoms with Crippen molar-refractivity contribution in [1.82, 2.24) is 4.98 Å². The van der Waals surface area contributed by atoms with Gasteiger partial charge in [-0.05, 0) is 19.1 Å². The van der Waals surface area contributed by atoms with Gasteiger partial charge in [-0.1, -0.05) is 0 Å². The molecule has 0 aromatic carbocycles. The van der Waals surface area contributed by atoms with E-state index in [0.29, 0.717) is 5.69 Å². The summed E-state index contributed by atoms with van der Waals surface area (Å²) in [5.41, 5.74) is 0.132. The third kappa shape index (κ3) is 3.16. The fraction of sp³-hybridized carbons (Fsp3) is 0.333. The number of carbonyl (C=O) groups is 1. The molecule has 0 saturated heterocycles. The predicted molar refractivity (Wildman–Crippen MR) is 47.4 cm³/mol. The number of hydrogen-bond donors (Lipinski definition) is 1. The maximum atomic E-state index is 11.8. The van der Waals surface area contributed by atoms with Crippen LogP contribution in [0, 0.1) is 6.92 Å². The molecule has 0 spiro atoms. The molecule has 15 heavy (non-hydrogen) atoms. The van der Waals surface area contributed by atoms with Crippen molar-refractivity contribution in [2.75, 3.05) is 6.61 Å². The summed E-state index contributed by atoms with van der Waals surface area (Å²) >= 11 is 0. The van der Waals surface area contributed by atoms with E-state index in [1.165, 1.54) is 12.1 Å². The van der Waals surface area contributed by atoms with Gasteiger partial charge in [-0.25, -0.2) is 18.6 Å². The number of aromatic carboxylic acids is 1. The van der Waals surface area contributed by atoms with E-state index >= 15 is 0 Å². The number of alkyl halides is 2. The highest BCUT2D eigenvalue weighted by Crippen LogP contribution is 2.17. The van der Waals surface area contributed by atoms with Crippen LogP contribution in [0.15, 0.2) is 12.1 Å². The minimum atomic E-state index is -2.65. The van der Waals surface area contributed by atoms with Gasteiger partial charge in [0.1, 0.15) is 6.61 Å². The third-order valence-electron chi connectivity index (χ3n) is 1.56. The monoisotopic (exact) mass is 217 g/mol. The van der Waals surface area contributed by atoms with Gasteiger partial charge in [0, 0.05) is 5.69 Å². The Labute approximate surface area is 84.5 Å². The standard InChI is InChI=1S/C9H9F2NO3/c1-5-2-3-6(15-4-7(10)11)8(12-5)9(13)14/h2-3,7H,4H2,1H3,(H,13,14). The molecule has 0 bridgehead atoms. The van der Waals surface area contributed by atoms with Crippen LogP contribution >= 0.6 is 0 Å². The number of halogens is 2. The van der Waals surface area contributed by atoms with Crippen LogP contribution in [0.3, 0.4) is 0 Å². The average molecular weight is 217 g/mol. The van der Waals surface area contributed by atoms with Crippen LogP contribution in [-0.2, 0) is 0 Å². The summed E-state index contributed by atoms with van der Waals surface area (Å²) in [6, 6.07) is 2.81. The minimum Gasteiger partial charge on any atom is -0.485 e. The molecule has 0 saturated carbocycles. The Kier molecular flexibility index (Phi) is 3.54. The molecule has 4 nitrogen and oxygen atoms in total. The van der Waals surface area contributed by atoms with Crippen LogP contribution in [0.25, 0.3) is 0 Å². The first-order chi connectivity index (χ1) is 7.00. The molecule has 0 aliphatic rings. The van der Waals surface area contributed by atoms with Gasteiger partial charge >= 0.3 is 5.97 Å². The number of nitrogens with zero attached hydrogens (tertiary/aromatic N) is 1. The van der Waals surface area contributed by atoms with Crippen molar-refractivity contribution in [2.24, 2.45) is 0 Å². The van der Waals surface area contributed by atoms with E-state index in [1.54, 1.807) is 6.92 Å². The normalized spacial score (nSPS) is 10.4. The van der Waals surface area contributed by atoms with Gasteiger partial charge in [-0.3, -0.25) is 0 Å². The van der Waals surface area contributed by atoms with E-state index in [9.17, 15) is 13.6 Å². The van der Waals surface area contributed by atoms with Crippen LogP contribution in [-0.4, -0.2) is 29.1 Å². The van der Waals surface area contributed by atoms with E-state index in [0.717, 1.165) is 0 Å². The van der Waals surface area contributed by atoms with E-state index < -0.39 is 19.0 Å². The summed E-state index contributed by atoms with van der Waals surface area (Å²) < 4.78 is 28.3. The van der Waals surface area contributed by atoms with E-state index in [-0.39, 0.29) is 11.4 Å². The van der Waals surface area contributed by atoms with Gasteiger partial charge in [0.25, 0.3) is 6.43 Å². The van der Waals surface area contributed by atoms with Crippen molar-refractivity contribution in [3.05, 3.63) is 23.5 Å². The average Bonchev–Trinajstić information content (AvgIpc) is 2.15. The Morgan fingerprint density at radius 3 is 2.80 bits per heavy atom. The topological polar surface area (TPSA) is 59.4 Å². The zero-order chi connectivity index (χ0) is 11.4. The molecule has 0 fully saturated rings. The van der Waals surface area contributed by atoms with E-state index in [1.807, 2.05) is 0 Å². The number of aromatic nitrogens is 1. The molecule has 0 radical (unpaired) electrons. The Balaban J connectivity index is 2.91. The van der Waals surface area contributed by atoms with Gasteiger partial charge < -0.3 is 9.84 Å². The summed E-state index contributed by atoms with van der Waals surface area (Å²) in [5, 5.41) is 8.73. The highest BCUT2D eigenvalue weighted by atomic mass is 19.3. The first-order valence-electron chi connectivity index (χ1n) is 4.12. The molecule has 0 atom stereocenters. The maximum absolute atomic E-state index is 11.8. The number of pyridine rings is 1. The summed E-state index contributed by atoms with van der Waals surface area (Å²) in [5.74, 6) is -1.45. The zero-order valence-electron chi connectivity index (χ0n) is 7.91. The van der Waals surface area contributed by atoms with Crippen molar-refractivity contribution >= 4 is 5.97 Å². The lowest BCUT2D eigenvalue weighted by Crippen LogP contribution is -2.11. The second-order valence-corrected chi connectivity index (χ2v) is 2.81. The van der Waals surface area contributed by atoms with Gasteiger partial charge in [0.2, 0.25) is 0 Å². The second kappa shape index (κ2) is 4.68. The highest BCUT2D eigenvalue weighted by Gasteiger charge is 2.14. The molecule has 0 aliphatic heterocycles. The first-order valence-corrected chi connectivity index (χ1v) is 4.12. The minimum absolute atomic E-state index is 0.145. The number of carboxylic acid groups (broad SMARTS) is 1. The number of aryl methyl sites for hydroxylation is 1. The zero-order valence-corrected chi connectivity index (χ0v) is 7.91. The van der Waals surface area contributed by atoms with E-state index in [2.05, 4.69) is 9.72 Å². The summed E-state index contributed by atoms with van der Waals surface area (Å²) in [4.78, 5) is 14.4. The molecule has 0 aliphatic carbocycles. The Bertz CT molecular complexity index is 368. The van der Waals surface area contributed by atoms with Gasteiger partial charge in [0.15, 0.2) is 11.4 Å². The molecule has 1 aromatic rings. The quantitative estimate of drug-likeness (QED) is 0.834. The van der Waals surface area contributed by atoms with Crippen molar-refractivity contribution in [3.8, 4) is 5.75 Å². The van der Waals surface area contributed by atoms with Crippen LogP contribution in [0.2, 0.25) is 0 Å². The summed E-state index contributed by atoms with van der Waals surface area (Å²) in [6.45, 7) is 0.758. The van der Waals surface area contributed by atoms with Crippen LogP contribution in [0.5, 0.6) is 5.75 Å². The molecule has 6 heteroatoms. The number of carboxylic acids is 1. The van der Waals surface area contributed by atoms with Gasteiger partial charge in [-0.15, -0.1) is 0 Å². The lowest BCUT2D eigenvalue weighted by atomic mass is 10.3. The smallest absolute Gasteiger partial charge is 0.358 e. The number of hydrogen-bond acceptors (Lipinski definition) is 3. The molecule has 1 N–H and O–H groups in total. The van der Waals surface area contributed by atoms with E-state index in [4.69, 9.17) is 5.11 Å². The molecular weight excluding hydrogens is 208 g/mol. The number of ether oxygens (including phenoxy) is 1. The second-order valence-electron chi connectivity index (χ2n) is 2.81. The van der Waals surface area contributed by atoms with Gasteiger partial charge in [0.05, 0.1) is 0 Å². The molecule has 1 heterocycles. The Hall–Kier alpha value is -1.72. The molecule has 0 amide bonds. The Morgan fingerprint density at radius 2 is 2.27 bits per heavy atom. The van der Waals surface area contributed by atoms with Crippen molar-refractivity contribution in [2.45, 2.75) is 13.3 Å². The molecule has 82 valence electrons. The SMILES string of the molecule is Cc1ccc(OCC(F)F)c(C(=O)O)n1. The largest absolute Gasteiger partial charge is 0.485 e. The summed E-state index contributed by atoms with van der Waals surface area (Å²) in [6.07, 6.45) is -2.65. The molecule has 0 unspecified atom stereocenters. The number of rotatable bonds is 4. The van der Waals surface area contributed by atoms with Crippen LogP contribution in [0.1, 0.15) is 16.2 Å². The predicted octanol–water partition coefficient (Wildman–Crippen LogP) is 1.73. The molecule has 1 aromatic heterocycles. The highest BCUT2D eigenvalue weighted by molar-refractivity contribution is 5.88. The lowest BCUT2D eigenvalue weighted by molar-refractivity contribution is 0.0655. The van der Waals surface area contributed by atoms with Crippen molar-refractivity contribution in [1.29, 1.82) is 0 Å². The fourth-order valence-corrected chi connectivity index (χ4v) is 0.966. The van der Waals surface area contributed by atoms with Crippen molar-refractivity contribution < 1.29 is 23.4 Å². The third-order valence-corrected chi connectivity index (χ3v) is 1.56. The van der Waals surface area contributed by atoms with Crippen molar-refractivity contribution in [3.63, 3.8) is 0 Å². The molecule has 1 rings (SSSR count). The van der Waals surface area contributed by atoms with Gasteiger partial charge in [-0.2, -0.15) is 0 Å². The lowest BCUT2D eigenvalue weighted by Gasteiger charge is -2.08. The van der Waals surface area contributed by atoms with Crippen LogP contribution < -0.4 is 4.74 Å². The fourth-order valence-electron chi connectivity index (χ4n) is 0.966. The first kappa shape index (κ1) is 11.4. The van der Waals surface area contributed by atoms with Crippen LogP contribution in [0.4, 0.5) is 8.78 Å². The Morgan fingerprint density at radius 1 is 1.60 bits per heavy atom. The maximum Gasteiger partial charge on any atom is 0.358 e.